The van der Waals surface area contributed by atoms with E-state index in [-0.39, 0.29) is 22.5 Å². The molecule has 1 saturated heterocycles. The van der Waals surface area contributed by atoms with Crippen molar-refractivity contribution < 1.29 is 28.9 Å². The van der Waals surface area contributed by atoms with Gasteiger partial charge in [-0.2, -0.15) is 0 Å². The zero-order chi connectivity index (χ0) is 22.5. The Balaban J connectivity index is 0.000000237. The number of rotatable bonds is 4. The standard InChI is InChI=1S/2C7H6N2O3.C4H8O2/c2*8-7(10)5-1-3-6(4-2-5)9(11)12;1-2-6-4-3-5-1/h2*1-4H,(H2,8,10);1-4H2. The summed E-state index contributed by atoms with van der Waals surface area (Å²) < 4.78 is 9.89. The number of non-ortho nitro benzene ring substituents is 2. The molecule has 4 N–H and O–H groups in total. The molecule has 1 aliphatic rings. The average molecular weight is 420 g/mol. The molecule has 0 aromatic heterocycles. The number of primary amides is 2. The lowest BCUT2D eigenvalue weighted by molar-refractivity contribution is -0.385. The lowest BCUT2D eigenvalue weighted by Gasteiger charge is -2.09. The number of carbonyl (C=O) groups is 2. The number of amides is 2. The van der Waals surface area contributed by atoms with Crippen molar-refractivity contribution in [3.8, 4) is 0 Å². The number of hydrogen-bond acceptors (Lipinski definition) is 8. The van der Waals surface area contributed by atoms with Gasteiger partial charge in [0.2, 0.25) is 11.8 Å². The molecule has 12 heteroatoms. The van der Waals surface area contributed by atoms with Gasteiger partial charge in [0.05, 0.1) is 36.3 Å². The monoisotopic (exact) mass is 420 g/mol. The maximum atomic E-state index is 10.5. The van der Waals surface area contributed by atoms with Crippen LogP contribution in [0.3, 0.4) is 0 Å². The van der Waals surface area contributed by atoms with Crippen LogP contribution >= 0.6 is 0 Å². The molecular formula is C18H20N4O8. The summed E-state index contributed by atoms with van der Waals surface area (Å²) in [5.41, 5.74) is 10.3. The fraction of sp³-hybridized carbons (Fsp3) is 0.222. The number of benzene rings is 2. The van der Waals surface area contributed by atoms with Crippen LogP contribution in [-0.4, -0.2) is 48.1 Å². The second-order valence-electron chi connectivity index (χ2n) is 5.56. The SMILES string of the molecule is C1COCCO1.NC(=O)c1ccc([N+](=O)[O-])cc1.NC(=O)c1ccc([N+](=O)[O-])cc1. The van der Waals surface area contributed by atoms with Gasteiger partial charge in [-0.15, -0.1) is 0 Å². The highest BCUT2D eigenvalue weighted by Gasteiger charge is 2.06. The van der Waals surface area contributed by atoms with Crippen LogP contribution in [-0.2, 0) is 9.47 Å². The van der Waals surface area contributed by atoms with Gasteiger partial charge in [0, 0.05) is 35.4 Å². The molecule has 2 amide bonds. The predicted octanol–water partition coefficient (Wildman–Crippen LogP) is 1.42. The lowest BCUT2D eigenvalue weighted by atomic mass is 10.2. The van der Waals surface area contributed by atoms with Gasteiger partial charge < -0.3 is 20.9 Å². The summed E-state index contributed by atoms with van der Waals surface area (Å²) in [6.07, 6.45) is 0. The van der Waals surface area contributed by atoms with Gasteiger partial charge in [-0.25, -0.2) is 0 Å². The number of nitro groups is 2. The minimum absolute atomic E-state index is 0.0556. The van der Waals surface area contributed by atoms with Crippen molar-refractivity contribution >= 4 is 23.2 Å². The Bertz CT molecular complexity index is 720. The van der Waals surface area contributed by atoms with E-state index in [1.54, 1.807) is 0 Å². The zero-order valence-corrected chi connectivity index (χ0v) is 15.8. The van der Waals surface area contributed by atoms with Gasteiger partial charge in [-0.3, -0.25) is 29.8 Å². The Hall–Kier alpha value is -3.90. The van der Waals surface area contributed by atoms with Crippen molar-refractivity contribution in [1.29, 1.82) is 0 Å². The number of carbonyl (C=O) groups excluding carboxylic acids is 2. The first-order valence-electron chi connectivity index (χ1n) is 8.46. The Labute approximate surface area is 170 Å². The molecule has 0 atom stereocenters. The van der Waals surface area contributed by atoms with Crippen molar-refractivity contribution in [1.82, 2.24) is 0 Å². The molecular weight excluding hydrogens is 400 g/mol. The van der Waals surface area contributed by atoms with Crippen LogP contribution in [0.1, 0.15) is 20.7 Å². The Morgan fingerprint density at radius 3 is 1.10 bits per heavy atom. The molecule has 12 nitrogen and oxygen atoms in total. The number of nitro benzene ring substituents is 2. The molecule has 1 aliphatic heterocycles. The van der Waals surface area contributed by atoms with Gasteiger partial charge >= 0.3 is 0 Å². The van der Waals surface area contributed by atoms with Crippen molar-refractivity contribution in [2.75, 3.05) is 26.4 Å². The summed E-state index contributed by atoms with van der Waals surface area (Å²) in [5, 5.41) is 20.3. The Morgan fingerprint density at radius 2 is 0.933 bits per heavy atom. The molecule has 1 fully saturated rings. The summed E-state index contributed by atoms with van der Waals surface area (Å²) in [6, 6.07) is 10.2. The van der Waals surface area contributed by atoms with Gasteiger partial charge in [-0.05, 0) is 24.3 Å². The van der Waals surface area contributed by atoms with Crippen LogP contribution in [0.25, 0.3) is 0 Å². The molecule has 0 unspecified atom stereocenters. The topological polar surface area (TPSA) is 191 Å². The maximum Gasteiger partial charge on any atom is 0.269 e. The fourth-order valence-electron chi connectivity index (χ4n) is 1.93. The van der Waals surface area contributed by atoms with Crippen molar-refractivity contribution in [3.05, 3.63) is 79.9 Å². The van der Waals surface area contributed by atoms with Crippen LogP contribution < -0.4 is 11.5 Å². The Kier molecular flexibility index (Phi) is 10.1. The first kappa shape index (κ1) is 24.1. The number of nitrogens with zero attached hydrogens (tertiary/aromatic N) is 2. The maximum absolute atomic E-state index is 10.5. The Morgan fingerprint density at radius 1 is 0.667 bits per heavy atom. The minimum Gasteiger partial charge on any atom is -0.377 e. The highest BCUT2D eigenvalue weighted by molar-refractivity contribution is 5.93. The highest BCUT2D eigenvalue weighted by atomic mass is 16.6. The molecule has 3 rings (SSSR count). The molecule has 0 bridgehead atoms. The van der Waals surface area contributed by atoms with Gasteiger partial charge in [0.25, 0.3) is 11.4 Å². The minimum atomic E-state index is -0.593. The number of hydrogen-bond donors (Lipinski definition) is 2. The second kappa shape index (κ2) is 12.5. The summed E-state index contributed by atoms with van der Waals surface area (Å²) in [7, 11) is 0. The van der Waals surface area contributed by atoms with Crippen LogP contribution in [0, 0.1) is 20.2 Å². The molecule has 2 aromatic carbocycles. The first-order chi connectivity index (χ1) is 14.2. The van der Waals surface area contributed by atoms with Gasteiger partial charge in [0.1, 0.15) is 0 Å². The van der Waals surface area contributed by atoms with Crippen molar-refractivity contribution in [3.63, 3.8) is 0 Å². The normalized spacial score (nSPS) is 12.3. The van der Waals surface area contributed by atoms with E-state index in [9.17, 15) is 29.8 Å². The van der Waals surface area contributed by atoms with Crippen LogP contribution in [0.5, 0.6) is 0 Å². The molecule has 0 aliphatic carbocycles. The summed E-state index contributed by atoms with van der Waals surface area (Å²) >= 11 is 0. The largest absolute Gasteiger partial charge is 0.377 e. The van der Waals surface area contributed by atoms with E-state index in [0.29, 0.717) is 0 Å². The van der Waals surface area contributed by atoms with Crippen LogP contribution in [0.15, 0.2) is 48.5 Å². The summed E-state index contributed by atoms with van der Waals surface area (Å²) in [5.74, 6) is -1.19. The molecule has 0 saturated carbocycles. The van der Waals surface area contributed by atoms with E-state index < -0.39 is 21.7 Å². The molecule has 0 radical (unpaired) electrons. The number of nitrogens with two attached hydrogens (primary N) is 2. The number of ether oxygens (including phenoxy) is 2. The second-order valence-corrected chi connectivity index (χ2v) is 5.56. The summed E-state index contributed by atoms with van der Waals surface area (Å²) in [4.78, 5) is 40.3. The third kappa shape index (κ3) is 8.86. The average Bonchev–Trinajstić information content (AvgIpc) is 2.76. The molecule has 160 valence electrons. The third-order valence-electron chi connectivity index (χ3n) is 3.47. The lowest BCUT2D eigenvalue weighted by Crippen LogP contribution is -2.16. The van der Waals surface area contributed by atoms with Gasteiger partial charge in [-0.1, -0.05) is 0 Å². The molecule has 0 spiro atoms. The van der Waals surface area contributed by atoms with Crippen molar-refractivity contribution in [2.24, 2.45) is 11.5 Å². The molecule has 1 heterocycles. The van der Waals surface area contributed by atoms with Crippen LogP contribution in [0.4, 0.5) is 11.4 Å². The molecule has 2 aromatic rings. The summed E-state index contributed by atoms with van der Waals surface area (Å²) in [6.45, 7) is 3.11. The zero-order valence-electron chi connectivity index (χ0n) is 15.8. The fourth-order valence-corrected chi connectivity index (χ4v) is 1.93. The predicted molar refractivity (Wildman–Crippen MR) is 105 cm³/mol. The first-order valence-corrected chi connectivity index (χ1v) is 8.46. The smallest absolute Gasteiger partial charge is 0.269 e. The van der Waals surface area contributed by atoms with E-state index in [2.05, 4.69) is 0 Å². The van der Waals surface area contributed by atoms with Crippen LogP contribution in [0.2, 0.25) is 0 Å². The van der Waals surface area contributed by atoms with E-state index in [1.165, 1.54) is 48.5 Å². The van der Waals surface area contributed by atoms with Gasteiger partial charge in [0.15, 0.2) is 0 Å². The van der Waals surface area contributed by atoms with E-state index in [0.717, 1.165) is 26.4 Å². The third-order valence-corrected chi connectivity index (χ3v) is 3.47. The van der Waals surface area contributed by atoms with E-state index in [1.807, 2.05) is 0 Å². The quantitative estimate of drug-likeness (QED) is 0.548. The molecule has 30 heavy (non-hydrogen) atoms. The van der Waals surface area contributed by atoms with Crippen molar-refractivity contribution in [2.45, 2.75) is 0 Å². The van der Waals surface area contributed by atoms with E-state index >= 15 is 0 Å². The van der Waals surface area contributed by atoms with E-state index in [4.69, 9.17) is 20.9 Å². The highest BCUT2D eigenvalue weighted by Crippen LogP contribution is 2.11.